The lowest BCUT2D eigenvalue weighted by Gasteiger charge is -2.26. The van der Waals surface area contributed by atoms with E-state index in [0.29, 0.717) is 12.0 Å². The molecule has 0 aromatic heterocycles. The molecule has 0 bridgehead atoms. The van der Waals surface area contributed by atoms with Crippen LogP contribution in [-0.2, 0) is 0 Å². The van der Waals surface area contributed by atoms with Gasteiger partial charge in [-0.25, -0.2) is 5.43 Å². The van der Waals surface area contributed by atoms with Crippen LogP contribution < -0.4 is 11.3 Å². The molecule has 0 spiro atoms. The summed E-state index contributed by atoms with van der Waals surface area (Å²) in [4.78, 5) is 2.19. The number of nitrogens with zero attached hydrogens (tertiary/aromatic N) is 1. The Kier molecular flexibility index (Phi) is 4.60. The van der Waals surface area contributed by atoms with Crippen molar-refractivity contribution >= 4 is 0 Å². The highest BCUT2D eigenvalue weighted by Crippen LogP contribution is 2.05. The summed E-state index contributed by atoms with van der Waals surface area (Å²) in [5.41, 5.74) is 2.63. The fourth-order valence-electron chi connectivity index (χ4n) is 0.797. The lowest BCUT2D eigenvalue weighted by atomic mass is 10.1. The second kappa shape index (κ2) is 4.66. The Hall–Kier alpha value is -0.120. The Morgan fingerprint density at radius 2 is 1.90 bits per heavy atom. The summed E-state index contributed by atoms with van der Waals surface area (Å²) in [5, 5.41) is 0. The molecule has 0 heterocycles. The minimum atomic E-state index is 0.580. The third kappa shape index (κ3) is 3.15. The predicted molar refractivity (Wildman–Crippen MR) is 44.3 cm³/mol. The number of hydrogen-bond donors (Lipinski definition) is 2. The normalized spacial score (nSPS) is 14.7. The van der Waals surface area contributed by atoms with E-state index in [2.05, 4.69) is 38.1 Å². The van der Waals surface area contributed by atoms with Crippen molar-refractivity contribution in [1.82, 2.24) is 10.3 Å². The Balaban J connectivity index is 3.58. The van der Waals surface area contributed by atoms with Gasteiger partial charge in [0, 0.05) is 6.04 Å². The first kappa shape index (κ1) is 9.88. The van der Waals surface area contributed by atoms with Crippen LogP contribution in [0.1, 0.15) is 20.8 Å². The third-order valence-electron chi connectivity index (χ3n) is 2.00. The first-order valence-corrected chi connectivity index (χ1v) is 3.73. The Labute approximate surface area is 63.5 Å². The van der Waals surface area contributed by atoms with Crippen LogP contribution in [0.4, 0.5) is 0 Å². The van der Waals surface area contributed by atoms with Crippen molar-refractivity contribution in [2.24, 2.45) is 11.8 Å². The summed E-state index contributed by atoms with van der Waals surface area (Å²) in [6.07, 6.45) is 0. The van der Waals surface area contributed by atoms with Crippen molar-refractivity contribution in [1.29, 1.82) is 0 Å². The fourth-order valence-corrected chi connectivity index (χ4v) is 0.797. The summed E-state index contributed by atoms with van der Waals surface area (Å²) >= 11 is 0. The molecular formula is C7H19N3. The number of nitrogens with two attached hydrogens (primary N) is 1. The predicted octanol–water partition coefficient (Wildman–Crippen LogP) is 0.384. The summed E-state index contributed by atoms with van der Waals surface area (Å²) < 4.78 is 0. The molecule has 0 aromatic carbocycles. The van der Waals surface area contributed by atoms with E-state index >= 15 is 0 Å². The summed E-state index contributed by atoms with van der Waals surface area (Å²) in [6, 6.07) is 0.580. The van der Waals surface area contributed by atoms with Crippen molar-refractivity contribution in [2.45, 2.75) is 26.8 Å². The molecule has 0 saturated heterocycles. The maximum atomic E-state index is 5.18. The Bertz CT molecular complexity index is 82.9. The Morgan fingerprint density at radius 3 is 2.20 bits per heavy atom. The van der Waals surface area contributed by atoms with Crippen LogP contribution in [0.2, 0.25) is 0 Å². The zero-order valence-corrected chi connectivity index (χ0v) is 7.39. The third-order valence-corrected chi connectivity index (χ3v) is 2.00. The number of hydrogen-bond acceptors (Lipinski definition) is 3. The second-order valence-corrected chi connectivity index (χ2v) is 3.10. The summed E-state index contributed by atoms with van der Waals surface area (Å²) in [5.74, 6) is 5.85. The molecule has 0 aromatic rings. The van der Waals surface area contributed by atoms with E-state index in [1.165, 1.54) is 0 Å². The monoisotopic (exact) mass is 145 g/mol. The lowest BCUT2D eigenvalue weighted by molar-refractivity contribution is 0.194. The molecule has 0 fully saturated rings. The van der Waals surface area contributed by atoms with Gasteiger partial charge in [0.15, 0.2) is 0 Å². The van der Waals surface area contributed by atoms with Gasteiger partial charge in [0.2, 0.25) is 0 Å². The first-order chi connectivity index (χ1) is 4.59. The molecule has 3 nitrogen and oxygen atoms in total. The van der Waals surface area contributed by atoms with Gasteiger partial charge in [-0.1, -0.05) is 13.8 Å². The van der Waals surface area contributed by atoms with Crippen molar-refractivity contribution in [3.05, 3.63) is 0 Å². The van der Waals surface area contributed by atoms with Gasteiger partial charge >= 0.3 is 0 Å². The summed E-state index contributed by atoms with van der Waals surface area (Å²) in [7, 11) is 2.06. The highest BCUT2D eigenvalue weighted by molar-refractivity contribution is 4.64. The molecule has 0 radical (unpaired) electrons. The summed E-state index contributed by atoms with van der Waals surface area (Å²) in [6.45, 7) is 7.36. The fraction of sp³-hybridized carbons (Fsp3) is 1.00. The maximum Gasteiger partial charge on any atom is 0.0612 e. The molecule has 0 aliphatic carbocycles. The van der Waals surface area contributed by atoms with Crippen LogP contribution in [0.15, 0.2) is 0 Å². The standard InChI is InChI=1S/C7H19N3/c1-6(2)7(3)10(4)5-9-8/h6-7,9H,5,8H2,1-4H3. The van der Waals surface area contributed by atoms with E-state index in [4.69, 9.17) is 5.84 Å². The molecule has 1 atom stereocenters. The smallest absolute Gasteiger partial charge is 0.0612 e. The van der Waals surface area contributed by atoms with E-state index in [0.717, 1.165) is 6.67 Å². The molecule has 62 valence electrons. The van der Waals surface area contributed by atoms with Gasteiger partial charge < -0.3 is 0 Å². The molecule has 3 N–H and O–H groups in total. The van der Waals surface area contributed by atoms with Gasteiger partial charge in [-0.3, -0.25) is 10.7 Å². The molecule has 3 heteroatoms. The quantitative estimate of drug-likeness (QED) is 0.341. The average molecular weight is 145 g/mol. The number of rotatable bonds is 4. The molecule has 0 aliphatic heterocycles. The highest BCUT2D eigenvalue weighted by Gasteiger charge is 2.10. The van der Waals surface area contributed by atoms with Gasteiger partial charge in [-0.2, -0.15) is 0 Å². The molecule has 0 aliphatic rings. The largest absolute Gasteiger partial charge is 0.290 e. The molecule has 0 saturated carbocycles. The minimum absolute atomic E-state index is 0.580. The van der Waals surface area contributed by atoms with E-state index in [1.807, 2.05) is 0 Å². The van der Waals surface area contributed by atoms with E-state index in [-0.39, 0.29) is 0 Å². The van der Waals surface area contributed by atoms with Crippen LogP contribution in [0.5, 0.6) is 0 Å². The second-order valence-electron chi connectivity index (χ2n) is 3.10. The molecule has 0 amide bonds. The van der Waals surface area contributed by atoms with Crippen LogP contribution in [0, 0.1) is 5.92 Å². The van der Waals surface area contributed by atoms with Crippen molar-refractivity contribution in [3.8, 4) is 0 Å². The zero-order chi connectivity index (χ0) is 8.15. The van der Waals surface area contributed by atoms with Crippen molar-refractivity contribution in [3.63, 3.8) is 0 Å². The average Bonchev–Trinajstić information content (AvgIpc) is 1.87. The van der Waals surface area contributed by atoms with Gasteiger partial charge in [-0.05, 0) is 19.9 Å². The minimum Gasteiger partial charge on any atom is -0.290 e. The Morgan fingerprint density at radius 1 is 1.40 bits per heavy atom. The molecule has 0 rings (SSSR count). The van der Waals surface area contributed by atoms with Crippen molar-refractivity contribution < 1.29 is 0 Å². The van der Waals surface area contributed by atoms with Gasteiger partial charge in [-0.15, -0.1) is 0 Å². The van der Waals surface area contributed by atoms with Crippen molar-refractivity contribution in [2.75, 3.05) is 13.7 Å². The van der Waals surface area contributed by atoms with E-state index < -0.39 is 0 Å². The van der Waals surface area contributed by atoms with Gasteiger partial charge in [0.1, 0.15) is 0 Å². The lowest BCUT2D eigenvalue weighted by Crippen LogP contribution is -2.42. The van der Waals surface area contributed by atoms with Gasteiger partial charge in [0.25, 0.3) is 0 Å². The zero-order valence-electron chi connectivity index (χ0n) is 7.39. The molecule has 10 heavy (non-hydrogen) atoms. The number of nitrogens with one attached hydrogen (secondary N) is 1. The van der Waals surface area contributed by atoms with E-state index in [1.54, 1.807) is 0 Å². The highest BCUT2D eigenvalue weighted by atomic mass is 15.3. The van der Waals surface area contributed by atoms with Crippen LogP contribution in [0.3, 0.4) is 0 Å². The molecular weight excluding hydrogens is 126 g/mol. The van der Waals surface area contributed by atoms with Crippen LogP contribution in [0.25, 0.3) is 0 Å². The van der Waals surface area contributed by atoms with E-state index in [9.17, 15) is 0 Å². The first-order valence-electron chi connectivity index (χ1n) is 3.73. The van der Waals surface area contributed by atoms with Gasteiger partial charge in [0.05, 0.1) is 6.67 Å². The SMILES string of the molecule is CC(C)C(C)N(C)CNN. The van der Waals surface area contributed by atoms with Crippen LogP contribution in [-0.4, -0.2) is 24.7 Å². The maximum absolute atomic E-state index is 5.18. The topological polar surface area (TPSA) is 41.3 Å². The number of hydrazine groups is 1. The molecule has 1 unspecified atom stereocenters. The van der Waals surface area contributed by atoms with Crippen LogP contribution >= 0.6 is 0 Å².